The molecule has 13 saturated carbocycles. The molecule has 0 unspecified atom stereocenters. The van der Waals surface area contributed by atoms with Crippen LogP contribution in [-0.2, 0) is 0 Å². The lowest BCUT2D eigenvalue weighted by Gasteiger charge is -2.49. The minimum Gasteiger partial charge on any atom is -0.0630 e. The van der Waals surface area contributed by atoms with Gasteiger partial charge < -0.3 is 0 Å². The van der Waals surface area contributed by atoms with Crippen LogP contribution in [0.4, 0.5) is 0 Å². The zero-order chi connectivity index (χ0) is 57.3. The van der Waals surface area contributed by atoms with Crippen molar-refractivity contribution in [1.29, 1.82) is 0 Å². The Hall–Kier alpha value is 0. The Labute approximate surface area is 474 Å². The average Bonchev–Trinajstić information content (AvgIpc) is 4.02. The van der Waals surface area contributed by atoms with E-state index in [0.29, 0.717) is 21.7 Å². The van der Waals surface area contributed by atoms with Gasteiger partial charge in [0.2, 0.25) is 0 Å². The summed E-state index contributed by atoms with van der Waals surface area (Å²) in [6.07, 6.45) is 55.5. The van der Waals surface area contributed by atoms with E-state index in [0.717, 1.165) is 39.4 Å². The first-order chi connectivity index (χ1) is 33.8. The molecule has 0 radical (unpaired) electrons. The third-order valence-electron chi connectivity index (χ3n) is 15.0. The molecular weight excluding hydrogens is 889 g/mol. The van der Waals surface area contributed by atoms with Gasteiger partial charge in [0.25, 0.3) is 0 Å². The third kappa shape index (κ3) is 58.2. The monoisotopic (exact) mass is 1040 g/mol. The molecule has 0 heteroatoms. The highest BCUT2D eigenvalue weighted by Crippen LogP contribution is 2.61. The van der Waals surface area contributed by atoms with Gasteiger partial charge >= 0.3 is 0 Å². The molecule has 0 N–H and O–H groups in total. The van der Waals surface area contributed by atoms with Crippen molar-refractivity contribution >= 4 is 0 Å². The summed E-state index contributed by atoms with van der Waals surface area (Å²) in [7, 11) is 0. The Kier molecular flexibility index (Phi) is 39.7. The van der Waals surface area contributed by atoms with Crippen molar-refractivity contribution in [2.75, 3.05) is 0 Å². The van der Waals surface area contributed by atoms with Gasteiger partial charge in [0, 0.05) is 0 Å². The van der Waals surface area contributed by atoms with Gasteiger partial charge in [-0.25, -0.2) is 0 Å². The molecule has 0 aromatic rings. The van der Waals surface area contributed by atoms with Crippen molar-refractivity contribution in [3.8, 4) is 0 Å². The number of fused-ring (bicyclic) bond motifs is 1. The first-order valence-electron chi connectivity index (χ1n) is 33.8. The molecule has 4 spiro atoms. The molecule has 13 rings (SSSR count). The molecule has 0 atom stereocenters. The second-order valence-corrected chi connectivity index (χ2v) is 35.6. The Bertz CT molecular complexity index is 1070. The minimum absolute atomic E-state index is 0.500. The van der Waals surface area contributed by atoms with E-state index in [4.69, 9.17) is 0 Å². The van der Waals surface area contributed by atoms with Gasteiger partial charge in [-0.3, -0.25) is 0 Å². The molecule has 0 aliphatic heterocycles. The molecule has 0 amide bonds. The summed E-state index contributed by atoms with van der Waals surface area (Å²) in [6, 6.07) is 0. The van der Waals surface area contributed by atoms with Gasteiger partial charge in [-0.1, -0.05) is 289 Å². The van der Waals surface area contributed by atoms with Gasteiger partial charge in [0.05, 0.1) is 0 Å². The fraction of sp³-hybridized carbons (Fsp3) is 1.00. The first kappa shape index (κ1) is 76.1. The highest BCUT2D eigenvalue weighted by Gasteiger charge is 2.47. The van der Waals surface area contributed by atoms with Crippen LogP contribution in [0.5, 0.6) is 0 Å². The fourth-order valence-electron chi connectivity index (χ4n) is 9.30. The van der Waals surface area contributed by atoms with E-state index in [9.17, 15) is 0 Å². The summed E-state index contributed by atoms with van der Waals surface area (Å²) in [5, 5.41) is 0. The Morgan fingerprint density at radius 2 is 0.338 bits per heavy atom. The molecule has 13 aliphatic carbocycles. The third-order valence-corrected chi connectivity index (χ3v) is 15.0. The van der Waals surface area contributed by atoms with Crippen LogP contribution in [0.3, 0.4) is 0 Å². The van der Waals surface area contributed by atoms with Gasteiger partial charge in [0.15, 0.2) is 0 Å². The molecule has 0 nitrogen and oxygen atoms in total. The topological polar surface area (TPSA) is 0 Å². The van der Waals surface area contributed by atoms with Gasteiger partial charge in [-0.05, 0) is 188 Å². The minimum atomic E-state index is 0.500. The predicted molar refractivity (Wildman–Crippen MR) is 345 cm³/mol. The maximum Gasteiger partial charge on any atom is -0.0297 e. The van der Waals surface area contributed by atoms with Gasteiger partial charge in [-0.2, -0.15) is 0 Å². The smallest absolute Gasteiger partial charge is 0.0297 e. The molecule has 13 fully saturated rings. The first-order valence-corrected chi connectivity index (χ1v) is 33.8. The van der Waals surface area contributed by atoms with Crippen LogP contribution in [0.2, 0.25) is 0 Å². The van der Waals surface area contributed by atoms with Crippen molar-refractivity contribution in [3.63, 3.8) is 0 Å². The van der Waals surface area contributed by atoms with Crippen LogP contribution < -0.4 is 0 Å². The van der Waals surface area contributed by atoms with Crippen molar-refractivity contribution in [3.05, 3.63) is 0 Å². The van der Waals surface area contributed by atoms with Gasteiger partial charge in [-0.15, -0.1) is 0 Å². The van der Waals surface area contributed by atoms with Crippen LogP contribution in [-0.4, -0.2) is 0 Å². The Balaban J connectivity index is 0. The van der Waals surface area contributed by atoms with E-state index in [2.05, 4.69) is 173 Å². The average molecular weight is 1040 g/mol. The molecular formula is C74H152. The Morgan fingerprint density at radius 3 is 0.405 bits per heavy atom. The van der Waals surface area contributed by atoms with E-state index < -0.39 is 0 Å². The molecule has 0 aromatic heterocycles. The van der Waals surface area contributed by atoms with E-state index in [-0.39, 0.29) is 0 Å². The molecule has 0 heterocycles. The second-order valence-electron chi connectivity index (χ2n) is 35.6. The maximum absolute atomic E-state index is 2.19. The predicted octanol–water partition coefficient (Wildman–Crippen LogP) is 27.5. The van der Waals surface area contributed by atoms with Crippen molar-refractivity contribution in [1.82, 2.24) is 0 Å². The number of hydrogen-bond donors (Lipinski definition) is 0. The summed E-state index contributed by atoms with van der Waals surface area (Å²) in [5.41, 5.74) is 5.79. The maximum atomic E-state index is 2.19. The highest BCUT2D eigenvalue weighted by molar-refractivity contribution is 4.99. The summed E-state index contributed by atoms with van der Waals surface area (Å²) >= 11 is 0. The number of rotatable bonds is 0. The second kappa shape index (κ2) is 38.6. The molecule has 2 bridgehead atoms. The van der Waals surface area contributed by atoms with E-state index in [1.165, 1.54) is 115 Å². The van der Waals surface area contributed by atoms with E-state index in [1.54, 1.807) is 128 Å². The van der Waals surface area contributed by atoms with Crippen LogP contribution in [0.15, 0.2) is 0 Å². The molecule has 0 aromatic carbocycles. The van der Waals surface area contributed by atoms with Crippen LogP contribution in [0.25, 0.3) is 0 Å². The summed E-state index contributed by atoms with van der Waals surface area (Å²) < 4.78 is 0. The van der Waals surface area contributed by atoms with Crippen LogP contribution >= 0.6 is 0 Å². The summed E-state index contributed by atoms with van der Waals surface area (Å²) in [5.74, 6) is 4.88. The SMILES string of the molecule is C1CC2(C1)CC2.C1CC2(C1)CCC2.C1CC2CC1C2.C1CCC1.C1CCC1.C1CCC2(C1)CC2.C1CCC2(CC1)CC2.CC(C)(C)C.CC(C)(C)C.CC(C)(C)C.CC(C)(C)C.CC(C)C.CC(C)C.CC(C)C. The standard InChI is InChI=1S/C8H14.2C7H12.2C6H10.4C5H12.2C4H8.3C4H10/c1-2-4-8(5-3-1)6-7-8;1-3-7(4-1)5-2-6-7;1-2-4-7(3-1)5-6-7;1-2-6-3-5(1)4-6;1-2-6(3-1)4-5-6;4*1-5(2,3)4;2*1-2-4-3-1;3*1-4(2)3/h1-7H2;2*1-6H2;5-6H,1-4H2;1-5H2;4*1-4H3;2*1-4H2;3*4H,1-3H3. The lowest BCUT2D eigenvalue weighted by atomic mass is 9.56. The van der Waals surface area contributed by atoms with Crippen LogP contribution in [0.1, 0.15) is 404 Å². The Morgan fingerprint density at radius 1 is 0.216 bits per heavy atom. The fourth-order valence-corrected chi connectivity index (χ4v) is 9.30. The van der Waals surface area contributed by atoms with Crippen molar-refractivity contribution in [2.45, 2.75) is 404 Å². The van der Waals surface area contributed by atoms with Crippen molar-refractivity contribution < 1.29 is 0 Å². The van der Waals surface area contributed by atoms with E-state index in [1.807, 2.05) is 0 Å². The largest absolute Gasteiger partial charge is 0.0630 e. The molecule has 448 valence electrons. The quantitative estimate of drug-likeness (QED) is 0.227. The normalized spacial score (nSPS) is 24.5. The zero-order valence-electron chi connectivity index (χ0n) is 57.3. The lowest BCUT2D eigenvalue weighted by molar-refractivity contribution is 0.0314. The van der Waals surface area contributed by atoms with Crippen LogP contribution in [0, 0.1) is 72.9 Å². The summed E-state index contributed by atoms with van der Waals surface area (Å²) in [4.78, 5) is 0. The van der Waals surface area contributed by atoms with E-state index >= 15 is 0 Å². The molecule has 13 aliphatic rings. The summed E-state index contributed by atoms with van der Waals surface area (Å²) in [6.45, 7) is 54.5. The lowest BCUT2D eigenvalue weighted by Crippen LogP contribution is -2.35. The van der Waals surface area contributed by atoms with Gasteiger partial charge in [0.1, 0.15) is 0 Å². The zero-order valence-corrected chi connectivity index (χ0v) is 57.3. The van der Waals surface area contributed by atoms with Crippen molar-refractivity contribution in [2.24, 2.45) is 72.9 Å². The molecule has 0 saturated heterocycles. The molecule has 74 heavy (non-hydrogen) atoms. The number of hydrogen-bond acceptors (Lipinski definition) is 0. The highest BCUT2D eigenvalue weighted by atomic mass is 14.5.